The van der Waals surface area contributed by atoms with Gasteiger partial charge in [0.25, 0.3) is 0 Å². The molecular weight excluding hydrogens is 490 g/mol. The van der Waals surface area contributed by atoms with Gasteiger partial charge < -0.3 is 19.9 Å². The Morgan fingerprint density at radius 2 is 1.97 bits per heavy atom. The lowest BCUT2D eigenvalue weighted by Crippen LogP contribution is -2.19. The summed E-state index contributed by atoms with van der Waals surface area (Å²) in [5.74, 6) is 1.80. The summed E-state index contributed by atoms with van der Waals surface area (Å²) in [6.45, 7) is 5.00. The van der Waals surface area contributed by atoms with Crippen LogP contribution in [0.4, 0.5) is 5.13 Å². The third kappa shape index (κ3) is 7.83. The summed E-state index contributed by atoms with van der Waals surface area (Å²) in [7, 11) is 1.52. The van der Waals surface area contributed by atoms with Crippen LogP contribution in [0.25, 0.3) is 0 Å². The lowest BCUT2D eigenvalue weighted by Gasteiger charge is -2.14. The number of nitrogens with zero attached hydrogens (tertiary/aromatic N) is 3. The van der Waals surface area contributed by atoms with Crippen LogP contribution in [0.15, 0.2) is 41.5 Å². The van der Waals surface area contributed by atoms with Gasteiger partial charge in [-0.2, -0.15) is 5.10 Å². The van der Waals surface area contributed by atoms with Crippen LogP contribution in [0.1, 0.15) is 42.3 Å². The second-order valence-electron chi connectivity index (χ2n) is 7.61. The number of benzene rings is 2. The number of hydrogen-bond donors (Lipinski definition) is 2. The van der Waals surface area contributed by atoms with Crippen molar-refractivity contribution in [2.24, 2.45) is 5.10 Å². The molecule has 3 rings (SSSR count). The molecule has 0 unspecified atom stereocenters. The molecule has 1 amide bonds. The maximum Gasteiger partial charge on any atom is 0.247 e. The molecule has 0 bridgehead atoms. The predicted octanol–water partition coefficient (Wildman–Crippen LogP) is 4.45. The van der Waals surface area contributed by atoms with Crippen molar-refractivity contribution in [1.82, 2.24) is 15.6 Å². The molecule has 0 radical (unpaired) electrons. The highest BCUT2D eigenvalue weighted by Crippen LogP contribution is 2.36. The Balaban J connectivity index is 1.51. The Labute approximate surface area is 213 Å². The molecule has 1 atom stereocenters. The quantitative estimate of drug-likeness (QED) is 0.207. The Kier molecular flexibility index (Phi) is 9.68. The van der Waals surface area contributed by atoms with Crippen LogP contribution in [0.2, 0.25) is 5.02 Å². The minimum atomic E-state index is -0.343. The first-order valence-electron chi connectivity index (χ1n) is 11.0. The fourth-order valence-corrected chi connectivity index (χ4v) is 3.96. The number of ether oxygens (including phenoxy) is 3. The van der Waals surface area contributed by atoms with Crippen molar-refractivity contribution in [2.45, 2.75) is 32.6 Å². The fraction of sp³-hybridized carbons (Fsp3) is 0.333. The number of hydrazone groups is 1. The lowest BCUT2D eigenvalue weighted by molar-refractivity contribution is -0.120. The number of nitrogen functional groups attached to an aromatic ring is 1. The van der Waals surface area contributed by atoms with Gasteiger partial charge in [0.15, 0.2) is 11.5 Å². The highest BCUT2D eigenvalue weighted by atomic mass is 35.5. The molecule has 11 heteroatoms. The Hall–Kier alpha value is -3.37. The number of carbonyl (C=O) groups excluding carboxylic acids is 1. The first-order valence-corrected chi connectivity index (χ1v) is 12.2. The maximum atomic E-state index is 12.0. The molecule has 2 aromatic carbocycles. The number of rotatable bonds is 12. The van der Waals surface area contributed by atoms with E-state index in [1.54, 1.807) is 12.1 Å². The van der Waals surface area contributed by atoms with Crippen molar-refractivity contribution < 1.29 is 19.0 Å². The number of halogens is 1. The van der Waals surface area contributed by atoms with E-state index in [9.17, 15) is 4.79 Å². The molecule has 1 heterocycles. The zero-order valence-electron chi connectivity index (χ0n) is 19.8. The van der Waals surface area contributed by atoms with Gasteiger partial charge >= 0.3 is 0 Å². The molecule has 0 aliphatic heterocycles. The largest absolute Gasteiger partial charge is 0.493 e. The van der Waals surface area contributed by atoms with Gasteiger partial charge in [-0.3, -0.25) is 4.79 Å². The molecule has 3 aromatic rings. The highest BCUT2D eigenvalue weighted by Gasteiger charge is 2.12. The minimum absolute atomic E-state index is 0.0349. The van der Waals surface area contributed by atoms with Crippen molar-refractivity contribution in [3.63, 3.8) is 0 Å². The maximum absolute atomic E-state index is 12.0. The molecule has 0 saturated carbocycles. The summed E-state index contributed by atoms with van der Waals surface area (Å²) in [6.07, 6.45) is 2.58. The first kappa shape index (κ1) is 26.2. The predicted molar refractivity (Wildman–Crippen MR) is 138 cm³/mol. The summed E-state index contributed by atoms with van der Waals surface area (Å²) in [6, 6.07) is 11.5. The Morgan fingerprint density at radius 1 is 1.23 bits per heavy atom. The van der Waals surface area contributed by atoms with Crippen LogP contribution < -0.4 is 25.4 Å². The molecule has 35 heavy (non-hydrogen) atoms. The van der Waals surface area contributed by atoms with Crippen molar-refractivity contribution in [2.75, 3.05) is 26.1 Å². The van der Waals surface area contributed by atoms with Gasteiger partial charge in [-0.05, 0) is 47.7 Å². The molecule has 0 fully saturated rings. The molecular formula is C24H28ClN5O4S. The van der Waals surface area contributed by atoms with Crippen molar-refractivity contribution in [1.29, 1.82) is 0 Å². The van der Waals surface area contributed by atoms with E-state index in [0.29, 0.717) is 44.7 Å². The molecule has 1 aromatic heterocycles. The van der Waals surface area contributed by atoms with Gasteiger partial charge in [0, 0.05) is 0 Å². The van der Waals surface area contributed by atoms with Gasteiger partial charge in [-0.15, -0.1) is 10.2 Å². The van der Waals surface area contributed by atoms with Crippen molar-refractivity contribution in [3.05, 3.63) is 57.6 Å². The summed E-state index contributed by atoms with van der Waals surface area (Å²) < 4.78 is 17.0. The number of nitrogens with one attached hydrogen (secondary N) is 1. The minimum Gasteiger partial charge on any atom is -0.493 e. The van der Waals surface area contributed by atoms with Crippen LogP contribution in [0.3, 0.4) is 0 Å². The van der Waals surface area contributed by atoms with Crippen molar-refractivity contribution >= 4 is 40.2 Å². The SMILES string of the molecule is CC[C@@H](C)c1ccc(OCCOc2c(Cl)cc(/C=N\NC(=O)Cc3nnc(N)s3)cc2OC)cc1. The smallest absolute Gasteiger partial charge is 0.247 e. The van der Waals surface area contributed by atoms with Gasteiger partial charge in [0.1, 0.15) is 24.0 Å². The monoisotopic (exact) mass is 517 g/mol. The average Bonchev–Trinajstić information content (AvgIpc) is 3.26. The number of methoxy groups -OCH3 is 1. The zero-order chi connectivity index (χ0) is 25.2. The summed E-state index contributed by atoms with van der Waals surface area (Å²) in [5.41, 5.74) is 9.85. The number of nitrogens with two attached hydrogens (primary N) is 1. The second kappa shape index (κ2) is 12.9. The molecule has 0 saturated heterocycles. The van der Waals surface area contributed by atoms with E-state index in [1.807, 2.05) is 12.1 Å². The summed E-state index contributed by atoms with van der Waals surface area (Å²) in [5, 5.41) is 12.6. The zero-order valence-corrected chi connectivity index (χ0v) is 21.4. The highest BCUT2D eigenvalue weighted by molar-refractivity contribution is 7.15. The average molecular weight is 518 g/mol. The molecule has 9 nitrogen and oxygen atoms in total. The molecule has 3 N–H and O–H groups in total. The van der Waals surface area contributed by atoms with E-state index in [1.165, 1.54) is 18.9 Å². The first-order chi connectivity index (χ1) is 16.9. The van der Waals surface area contributed by atoms with E-state index >= 15 is 0 Å². The van der Waals surface area contributed by atoms with Crippen LogP contribution in [-0.2, 0) is 11.2 Å². The van der Waals surface area contributed by atoms with E-state index in [0.717, 1.165) is 23.5 Å². The summed E-state index contributed by atoms with van der Waals surface area (Å²) >= 11 is 7.55. The lowest BCUT2D eigenvalue weighted by atomic mass is 9.99. The number of aromatic nitrogens is 2. The third-order valence-electron chi connectivity index (χ3n) is 5.11. The van der Waals surface area contributed by atoms with Crippen LogP contribution in [0.5, 0.6) is 17.2 Å². The normalized spacial score (nSPS) is 11.9. The van der Waals surface area contributed by atoms with Gasteiger partial charge in [0.05, 0.1) is 24.8 Å². The number of hydrogen-bond acceptors (Lipinski definition) is 9. The number of amides is 1. The van der Waals surface area contributed by atoms with E-state index in [-0.39, 0.29) is 18.9 Å². The second-order valence-corrected chi connectivity index (χ2v) is 9.11. The van der Waals surface area contributed by atoms with E-state index in [4.69, 9.17) is 31.5 Å². The van der Waals surface area contributed by atoms with Crippen LogP contribution in [0, 0.1) is 0 Å². The Morgan fingerprint density at radius 3 is 2.63 bits per heavy atom. The summed E-state index contributed by atoms with van der Waals surface area (Å²) in [4.78, 5) is 12.0. The topological polar surface area (TPSA) is 121 Å². The standard InChI is InChI=1S/C24H28ClN5O4S/c1-4-15(2)17-5-7-18(8-6-17)33-9-10-34-23-19(25)11-16(12-20(23)32-3)14-27-28-21(31)13-22-29-30-24(26)35-22/h5-8,11-12,14-15H,4,9-10,13H2,1-3H3,(H2,26,30)(H,28,31)/b27-14-/t15-/m1/s1. The molecule has 0 aliphatic carbocycles. The van der Waals surface area contributed by atoms with Crippen LogP contribution in [-0.4, -0.2) is 42.6 Å². The van der Waals surface area contributed by atoms with Gasteiger partial charge in [0.2, 0.25) is 11.0 Å². The fourth-order valence-electron chi connectivity index (χ4n) is 3.08. The van der Waals surface area contributed by atoms with E-state index < -0.39 is 0 Å². The third-order valence-corrected chi connectivity index (χ3v) is 6.14. The van der Waals surface area contributed by atoms with Crippen molar-refractivity contribution in [3.8, 4) is 17.2 Å². The van der Waals surface area contributed by atoms with Gasteiger partial charge in [-0.1, -0.05) is 48.9 Å². The molecule has 0 spiro atoms. The molecule has 0 aliphatic rings. The number of anilines is 1. The number of carbonyl (C=O) groups is 1. The Bertz CT molecular complexity index is 1150. The van der Waals surface area contributed by atoms with E-state index in [2.05, 4.69) is 46.7 Å². The van der Waals surface area contributed by atoms with Crippen LogP contribution >= 0.6 is 22.9 Å². The molecule has 186 valence electrons. The van der Waals surface area contributed by atoms with Gasteiger partial charge in [-0.25, -0.2) is 5.43 Å².